The SMILES string of the molecule is CS(=O)(=O)N(CC(=O)Nc1ccc2c(c1)N(S(=O)(=O)c1ccc(Cl)cc1)CC2)C1CCCCC1. The molecule has 8 nitrogen and oxygen atoms in total. The number of anilines is 2. The topological polar surface area (TPSA) is 104 Å². The minimum atomic E-state index is -3.79. The van der Waals surface area contributed by atoms with Crippen LogP contribution >= 0.6 is 11.6 Å². The molecule has 4 rings (SSSR count). The Bertz CT molecular complexity index is 1270. The first-order valence-electron chi connectivity index (χ1n) is 11.2. The fraction of sp³-hybridized carbons (Fsp3) is 0.435. The fourth-order valence-corrected chi connectivity index (χ4v) is 7.36. The molecule has 2 aromatic carbocycles. The van der Waals surface area contributed by atoms with Crippen molar-refractivity contribution in [3.05, 3.63) is 53.1 Å². The standard InChI is InChI=1S/C23H28ClN3O5S2/c1-33(29,30)27(20-5-3-2-4-6-20)16-23(28)25-19-10-7-17-13-14-26(22(17)15-19)34(31,32)21-11-8-18(24)9-12-21/h7-12,15,20H,2-6,13-14,16H2,1H3,(H,25,28). The van der Waals surface area contributed by atoms with Crippen molar-refractivity contribution in [2.24, 2.45) is 0 Å². The third-order valence-electron chi connectivity index (χ3n) is 6.33. The number of rotatable bonds is 7. The number of nitrogens with one attached hydrogen (secondary N) is 1. The van der Waals surface area contributed by atoms with Crippen LogP contribution < -0.4 is 9.62 Å². The number of carbonyl (C=O) groups excluding carboxylic acids is 1. The van der Waals surface area contributed by atoms with Gasteiger partial charge in [-0.05, 0) is 61.2 Å². The molecule has 1 N–H and O–H groups in total. The molecule has 0 spiro atoms. The molecule has 184 valence electrons. The summed E-state index contributed by atoms with van der Waals surface area (Å²) in [5.74, 6) is -0.457. The van der Waals surface area contributed by atoms with Gasteiger partial charge in [0.1, 0.15) is 0 Å². The first-order chi connectivity index (χ1) is 16.1. The number of hydrogen-bond acceptors (Lipinski definition) is 5. The third-order valence-corrected chi connectivity index (χ3v) is 9.69. The predicted molar refractivity (Wildman–Crippen MR) is 133 cm³/mol. The van der Waals surface area contributed by atoms with Gasteiger partial charge in [0.15, 0.2) is 0 Å². The Hall–Kier alpha value is -2.14. The van der Waals surface area contributed by atoms with Gasteiger partial charge in [-0.25, -0.2) is 16.8 Å². The molecule has 1 aliphatic heterocycles. The van der Waals surface area contributed by atoms with Crippen LogP contribution in [0.5, 0.6) is 0 Å². The van der Waals surface area contributed by atoms with Gasteiger partial charge in [-0.3, -0.25) is 9.10 Å². The smallest absolute Gasteiger partial charge is 0.264 e. The summed E-state index contributed by atoms with van der Waals surface area (Å²) in [5, 5.41) is 3.19. The monoisotopic (exact) mass is 525 g/mol. The Morgan fingerprint density at radius 1 is 1.06 bits per heavy atom. The van der Waals surface area contributed by atoms with E-state index in [1.54, 1.807) is 18.2 Å². The Kier molecular flexibility index (Phi) is 7.23. The zero-order valence-corrected chi connectivity index (χ0v) is 21.3. The lowest BCUT2D eigenvalue weighted by Gasteiger charge is -2.31. The molecule has 0 bridgehead atoms. The summed E-state index contributed by atoms with van der Waals surface area (Å²) in [7, 11) is -7.34. The number of fused-ring (bicyclic) bond motifs is 1. The van der Waals surface area contributed by atoms with E-state index in [0.29, 0.717) is 29.4 Å². The van der Waals surface area contributed by atoms with Crippen LogP contribution in [-0.4, -0.2) is 52.4 Å². The van der Waals surface area contributed by atoms with Crippen LogP contribution in [0.15, 0.2) is 47.4 Å². The molecule has 2 aromatic rings. The van der Waals surface area contributed by atoms with Crippen LogP contribution in [0, 0.1) is 0 Å². The van der Waals surface area contributed by atoms with E-state index in [0.717, 1.165) is 43.9 Å². The van der Waals surface area contributed by atoms with Crippen molar-refractivity contribution < 1.29 is 21.6 Å². The molecule has 0 atom stereocenters. The minimum absolute atomic E-state index is 0.135. The van der Waals surface area contributed by atoms with Gasteiger partial charge in [0, 0.05) is 23.3 Å². The van der Waals surface area contributed by atoms with Crippen molar-refractivity contribution in [2.75, 3.05) is 29.0 Å². The van der Waals surface area contributed by atoms with Crippen LogP contribution in [0.2, 0.25) is 5.02 Å². The quantitative estimate of drug-likeness (QED) is 0.594. The number of halogens is 1. The van der Waals surface area contributed by atoms with E-state index in [9.17, 15) is 21.6 Å². The minimum Gasteiger partial charge on any atom is -0.325 e. The fourth-order valence-electron chi connectivity index (χ4n) is 4.64. The molecule has 0 unspecified atom stereocenters. The van der Waals surface area contributed by atoms with E-state index in [4.69, 9.17) is 11.6 Å². The molecule has 1 aliphatic carbocycles. The van der Waals surface area contributed by atoms with Crippen LogP contribution in [0.3, 0.4) is 0 Å². The molecular weight excluding hydrogens is 498 g/mol. The summed E-state index contributed by atoms with van der Waals surface area (Å²) >= 11 is 5.90. The molecule has 11 heteroatoms. The van der Waals surface area contributed by atoms with Gasteiger partial charge in [0.2, 0.25) is 15.9 Å². The summed E-state index contributed by atoms with van der Waals surface area (Å²) in [4.78, 5) is 12.9. The van der Waals surface area contributed by atoms with Crippen molar-refractivity contribution in [3.63, 3.8) is 0 Å². The van der Waals surface area contributed by atoms with Gasteiger partial charge in [-0.1, -0.05) is 36.9 Å². The van der Waals surface area contributed by atoms with Gasteiger partial charge in [0.25, 0.3) is 10.0 Å². The average molecular weight is 526 g/mol. The van der Waals surface area contributed by atoms with Crippen molar-refractivity contribution in [3.8, 4) is 0 Å². The van der Waals surface area contributed by atoms with Gasteiger partial charge in [-0.15, -0.1) is 0 Å². The average Bonchev–Trinajstić information content (AvgIpc) is 3.22. The van der Waals surface area contributed by atoms with Crippen molar-refractivity contribution in [2.45, 2.75) is 49.5 Å². The number of amides is 1. The number of nitrogens with zero attached hydrogens (tertiary/aromatic N) is 2. The number of hydrogen-bond donors (Lipinski definition) is 1. The second kappa shape index (κ2) is 9.85. The summed E-state index contributed by atoms with van der Waals surface area (Å²) in [6.45, 7) is 0.0224. The summed E-state index contributed by atoms with van der Waals surface area (Å²) in [6.07, 6.45) is 6.14. The molecule has 0 aromatic heterocycles. The van der Waals surface area contributed by atoms with Crippen LogP contribution in [0.1, 0.15) is 37.7 Å². The maximum atomic E-state index is 13.2. The van der Waals surface area contributed by atoms with Gasteiger partial charge < -0.3 is 5.32 Å². The zero-order chi connectivity index (χ0) is 24.5. The number of benzene rings is 2. The van der Waals surface area contributed by atoms with Gasteiger partial charge >= 0.3 is 0 Å². The highest BCUT2D eigenvalue weighted by molar-refractivity contribution is 7.92. The van der Waals surface area contributed by atoms with E-state index < -0.39 is 26.0 Å². The van der Waals surface area contributed by atoms with Crippen molar-refractivity contribution in [1.82, 2.24) is 4.31 Å². The molecule has 1 saturated carbocycles. The Balaban J connectivity index is 1.52. The lowest BCUT2D eigenvalue weighted by atomic mass is 9.95. The lowest BCUT2D eigenvalue weighted by Crippen LogP contribution is -2.45. The normalized spacial score (nSPS) is 17.1. The van der Waals surface area contributed by atoms with Crippen LogP contribution in [-0.2, 0) is 31.3 Å². The summed E-state index contributed by atoms with van der Waals surface area (Å²) < 4.78 is 53.7. The lowest BCUT2D eigenvalue weighted by molar-refractivity contribution is -0.116. The molecule has 1 heterocycles. The number of sulfonamides is 2. The Morgan fingerprint density at radius 2 is 1.74 bits per heavy atom. The summed E-state index contributed by atoms with van der Waals surface area (Å²) in [5.41, 5.74) is 1.77. The maximum absolute atomic E-state index is 13.2. The predicted octanol–water partition coefficient (Wildman–Crippen LogP) is 3.62. The molecule has 0 saturated heterocycles. The Labute approximate surface area is 206 Å². The zero-order valence-electron chi connectivity index (χ0n) is 18.9. The molecule has 1 amide bonds. The van der Waals surface area contributed by atoms with E-state index in [2.05, 4.69) is 5.32 Å². The second-order valence-electron chi connectivity index (χ2n) is 8.77. The largest absolute Gasteiger partial charge is 0.325 e. The highest BCUT2D eigenvalue weighted by Gasteiger charge is 2.32. The van der Waals surface area contributed by atoms with E-state index in [-0.39, 0.29) is 17.5 Å². The van der Waals surface area contributed by atoms with E-state index >= 15 is 0 Å². The molecular formula is C23H28ClN3O5S2. The molecule has 0 radical (unpaired) electrons. The maximum Gasteiger partial charge on any atom is 0.264 e. The third kappa shape index (κ3) is 5.40. The van der Waals surface area contributed by atoms with Crippen molar-refractivity contribution in [1.29, 1.82) is 0 Å². The van der Waals surface area contributed by atoms with Gasteiger partial charge in [-0.2, -0.15) is 4.31 Å². The number of carbonyl (C=O) groups is 1. The Morgan fingerprint density at radius 3 is 2.38 bits per heavy atom. The van der Waals surface area contributed by atoms with Crippen LogP contribution in [0.25, 0.3) is 0 Å². The first kappa shape index (κ1) is 25.0. The van der Waals surface area contributed by atoms with Gasteiger partial charge in [0.05, 0.1) is 23.4 Å². The van der Waals surface area contributed by atoms with E-state index in [1.807, 2.05) is 0 Å². The first-order valence-corrected chi connectivity index (χ1v) is 14.9. The molecule has 34 heavy (non-hydrogen) atoms. The van der Waals surface area contributed by atoms with Crippen molar-refractivity contribution >= 4 is 48.9 Å². The second-order valence-corrected chi connectivity index (χ2v) is 13.0. The van der Waals surface area contributed by atoms with E-state index in [1.165, 1.54) is 32.9 Å². The van der Waals surface area contributed by atoms with Crippen LogP contribution in [0.4, 0.5) is 11.4 Å². The highest BCUT2D eigenvalue weighted by atomic mass is 35.5. The highest BCUT2D eigenvalue weighted by Crippen LogP contribution is 2.35. The molecule has 1 fully saturated rings. The molecule has 2 aliphatic rings. The summed E-state index contributed by atoms with van der Waals surface area (Å²) in [6, 6.07) is 10.9.